The fourth-order valence-corrected chi connectivity index (χ4v) is 2.73. The summed E-state index contributed by atoms with van der Waals surface area (Å²) in [5.74, 6) is 1.43. The van der Waals surface area contributed by atoms with Gasteiger partial charge < -0.3 is 5.32 Å². The maximum absolute atomic E-state index is 11.0. The molecule has 3 aromatic rings. The molecule has 0 spiro atoms. The molecule has 106 valence electrons. The number of thioether (sulfide) groups is 1. The standard InChI is InChI=1S/C15H14N4OS/c1-11(20)17-12-3-5-14(6-4-12)21-10-13-9-19-8-2-7-16-15(19)18-13/h2-9H,10H2,1H3,(H,17,20). The van der Waals surface area contributed by atoms with Crippen LogP contribution in [-0.4, -0.2) is 20.3 Å². The summed E-state index contributed by atoms with van der Waals surface area (Å²) in [7, 11) is 0. The summed E-state index contributed by atoms with van der Waals surface area (Å²) < 4.78 is 1.91. The Balaban J connectivity index is 1.65. The van der Waals surface area contributed by atoms with Crippen LogP contribution in [-0.2, 0) is 10.5 Å². The molecule has 1 aromatic carbocycles. The Hall–Kier alpha value is -2.34. The number of aromatic nitrogens is 3. The van der Waals surface area contributed by atoms with Gasteiger partial charge in [0.15, 0.2) is 0 Å². The first kappa shape index (κ1) is 13.6. The van der Waals surface area contributed by atoms with Gasteiger partial charge in [0.05, 0.1) is 5.69 Å². The van der Waals surface area contributed by atoms with E-state index in [9.17, 15) is 4.79 Å². The first-order chi connectivity index (χ1) is 10.2. The quantitative estimate of drug-likeness (QED) is 0.752. The maximum atomic E-state index is 11.0. The third-order valence-corrected chi connectivity index (χ3v) is 3.89. The van der Waals surface area contributed by atoms with Crippen LogP contribution in [0.5, 0.6) is 0 Å². The number of fused-ring (bicyclic) bond motifs is 1. The number of hydrogen-bond donors (Lipinski definition) is 1. The largest absolute Gasteiger partial charge is 0.326 e. The molecule has 0 aliphatic heterocycles. The normalized spacial score (nSPS) is 10.7. The molecule has 0 saturated heterocycles. The number of nitrogens with one attached hydrogen (secondary N) is 1. The van der Waals surface area contributed by atoms with Gasteiger partial charge in [-0.1, -0.05) is 0 Å². The van der Waals surface area contributed by atoms with Crippen LogP contribution in [0.1, 0.15) is 12.6 Å². The summed E-state index contributed by atoms with van der Waals surface area (Å²) in [4.78, 5) is 20.8. The lowest BCUT2D eigenvalue weighted by Gasteiger charge is -2.03. The lowest BCUT2D eigenvalue weighted by atomic mass is 10.3. The Labute approximate surface area is 126 Å². The Kier molecular flexibility index (Phi) is 3.87. The van der Waals surface area contributed by atoms with E-state index >= 15 is 0 Å². The van der Waals surface area contributed by atoms with Crippen molar-refractivity contribution in [1.29, 1.82) is 0 Å². The number of carbonyl (C=O) groups is 1. The van der Waals surface area contributed by atoms with Gasteiger partial charge in [0.2, 0.25) is 11.7 Å². The molecule has 0 atom stereocenters. The summed E-state index contributed by atoms with van der Waals surface area (Å²) in [6.07, 6.45) is 5.66. The molecule has 1 amide bonds. The van der Waals surface area contributed by atoms with Crippen molar-refractivity contribution < 1.29 is 4.79 Å². The van der Waals surface area contributed by atoms with E-state index in [0.717, 1.165) is 22.0 Å². The molecule has 0 radical (unpaired) electrons. The number of anilines is 1. The van der Waals surface area contributed by atoms with Crippen LogP contribution in [0.25, 0.3) is 5.78 Å². The monoisotopic (exact) mass is 298 g/mol. The average Bonchev–Trinajstić information content (AvgIpc) is 2.89. The van der Waals surface area contributed by atoms with Gasteiger partial charge in [-0.2, -0.15) is 0 Å². The van der Waals surface area contributed by atoms with Gasteiger partial charge in [0, 0.05) is 41.8 Å². The van der Waals surface area contributed by atoms with Crippen LogP contribution in [0.2, 0.25) is 0 Å². The van der Waals surface area contributed by atoms with Crippen molar-refractivity contribution in [2.45, 2.75) is 17.6 Å². The second-order valence-corrected chi connectivity index (χ2v) is 5.60. The van der Waals surface area contributed by atoms with Crippen LogP contribution in [0.4, 0.5) is 5.69 Å². The van der Waals surface area contributed by atoms with Crippen molar-refractivity contribution in [2.75, 3.05) is 5.32 Å². The number of rotatable bonds is 4. The molecule has 2 heterocycles. The molecule has 6 heteroatoms. The highest BCUT2D eigenvalue weighted by Gasteiger charge is 2.03. The van der Waals surface area contributed by atoms with Crippen molar-refractivity contribution in [3.8, 4) is 0 Å². The minimum Gasteiger partial charge on any atom is -0.326 e. The fourth-order valence-electron chi connectivity index (χ4n) is 1.94. The minimum atomic E-state index is -0.0624. The molecule has 0 aliphatic rings. The van der Waals surface area contributed by atoms with Gasteiger partial charge in [0.25, 0.3) is 0 Å². The van der Waals surface area contributed by atoms with Gasteiger partial charge in [-0.15, -0.1) is 11.8 Å². The van der Waals surface area contributed by atoms with Gasteiger partial charge >= 0.3 is 0 Å². The van der Waals surface area contributed by atoms with Gasteiger partial charge in [0.1, 0.15) is 0 Å². The Morgan fingerprint density at radius 1 is 1.33 bits per heavy atom. The minimum absolute atomic E-state index is 0.0624. The summed E-state index contributed by atoms with van der Waals surface area (Å²) in [6.45, 7) is 1.50. The van der Waals surface area contributed by atoms with Gasteiger partial charge in [-0.05, 0) is 30.3 Å². The lowest BCUT2D eigenvalue weighted by Crippen LogP contribution is -2.05. The fraction of sp³-hybridized carbons (Fsp3) is 0.133. The van der Waals surface area contributed by atoms with E-state index in [2.05, 4.69) is 15.3 Å². The second kappa shape index (κ2) is 5.97. The Bertz CT molecular complexity index is 734. The Morgan fingerprint density at radius 3 is 2.86 bits per heavy atom. The number of amides is 1. The number of imidazole rings is 1. The molecular weight excluding hydrogens is 284 g/mol. The van der Waals surface area contributed by atoms with E-state index < -0.39 is 0 Å². The third-order valence-electron chi connectivity index (χ3n) is 2.85. The Morgan fingerprint density at radius 2 is 2.14 bits per heavy atom. The SMILES string of the molecule is CC(=O)Nc1ccc(SCc2cn3cccnc3n2)cc1. The zero-order valence-corrected chi connectivity index (χ0v) is 12.3. The van der Waals surface area contributed by atoms with Crippen molar-refractivity contribution in [2.24, 2.45) is 0 Å². The van der Waals surface area contributed by atoms with Crippen molar-refractivity contribution in [1.82, 2.24) is 14.4 Å². The van der Waals surface area contributed by atoms with Crippen LogP contribution in [0.3, 0.4) is 0 Å². The molecule has 1 N–H and O–H groups in total. The molecule has 0 fully saturated rings. The number of carbonyl (C=O) groups excluding carboxylic acids is 1. The molecule has 0 saturated carbocycles. The second-order valence-electron chi connectivity index (χ2n) is 4.55. The summed E-state index contributed by atoms with van der Waals surface area (Å²) in [6, 6.07) is 9.66. The van der Waals surface area contributed by atoms with E-state index in [1.165, 1.54) is 6.92 Å². The lowest BCUT2D eigenvalue weighted by molar-refractivity contribution is -0.114. The number of benzene rings is 1. The highest BCUT2D eigenvalue weighted by Crippen LogP contribution is 2.23. The van der Waals surface area contributed by atoms with E-state index in [4.69, 9.17) is 0 Å². The number of nitrogens with zero attached hydrogens (tertiary/aromatic N) is 3. The molecule has 0 bridgehead atoms. The first-order valence-electron chi connectivity index (χ1n) is 6.50. The number of hydrogen-bond acceptors (Lipinski definition) is 4. The summed E-state index contributed by atoms with van der Waals surface area (Å²) in [5, 5.41) is 2.75. The van der Waals surface area contributed by atoms with E-state index in [1.807, 2.05) is 47.1 Å². The topological polar surface area (TPSA) is 59.3 Å². The molecule has 2 aromatic heterocycles. The van der Waals surface area contributed by atoms with Crippen LogP contribution in [0, 0.1) is 0 Å². The zero-order chi connectivity index (χ0) is 14.7. The van der Waals surface area contributed by atoms with Gasteiger partial charge in [-0.25, -0.2) is 9.97 Å². The molecule has 0 unspecified atom stereocenters. The smallest absolute Gasteiger partial charge is 0.233 e. The average molecular weight is 298 g/mol. The molecule has 21 heavy (non-hydrogen) atoms. The first-order valence-corrected chi connectivity index (χ1v) is 7.48. The summed E-state index contributed by atoms with van der Waals surface area (Å²) in [5.41, 5.74) is 1.80. The van der Waals surface area contributed by atoms with E-state index in [0.29, 0.717) is 5.78 Å². The van der Waals surface area contributed by atoms with Crippen LogP contribution < -0.4 is 5.32 Å². The van der Waals surface area contributed by atoms with Crippen LogP contribution >= 0.6 is 11.8 Å². The summed E-state index contributed by atoms with van der Waals surface area (Å²) >= 11 is 1.70. The highest BCUT2D eigenvalue weighted by molar-refractivity contribution is 7.98. The third kappa shape index (κ3) is 3.41. The maximum Gasteiger partial charge on any atom is 0.233 e. The van der Waals surface area contributed by atoms with Crippen molar-refractivity contribution >= 4 is 29.1 Å². The van der Waals surface area contributed by atoms with Crippen molar-refractivity contribution in [3.05, 3.63) is 54.6 Å². The van der Waals surface area contributed by atoms with Crippen LogP contribution in [0.15, 0.2) is 53.8 Å². The van der Waals surface area contributed by atoms with Crippen molar-refractivity contribution in [3.63, 3.8) is 0 Å². The van der Waals surface area contributed by atoms with Gasteiger partial charge in [-0.3, -0.25) is 9.20 Å². The molecule has 0 aliphatic carbocycles. The molecule has 3 rings (SSSR count). The molecular formula is C15H14N4OS. The predicted molar refractivity (Wildman–Crippen MR) is 83.3 cm³/mol. The predicted octanol–water partition coefficient (Wildman–Crippen LogP) is 2.98. The molecule has 5 nitrogen and oxygen atoms in total. The highest BCUT2D eigenvalue weighted by atomic mass is 32.2. The zero-order valence-electron chi connectivity index (χ0n) is 11.5. The van der Waals surface area contributed by atoms with E-state index in [-0.39, 0.29) is 5.91 Å². The van der Waals surface area contributed by atoms with E-state index in [1.54, 1.807) is 18.0 Å².